The van der Waals surface area contributed by atoms with Gasteiger partial charge in [0.05, 0.1) is 17.6 Å². The first kappa shape index (κ1) is 12.7. The van der Waals surface area contributed by atoms with Gasteiger partial charge in [-0.1, -0.05) is 12.1 Å². The molecule has 0 bridgehead atoms. The molecule has 0 aliphatic rings. The summed E-state index contributed by atoms with van der Waals surface area (Å²) in [5.41, 5.74) is 10.8. The van der Waals surface area contributed by atoms with Crippen LogP contribution in [0.1, 0.15) is 11.4 Å². The Morgan fingerprint density at radius 3 is 2.85 bits per heavy atom. The topological polar surface area (TPSA) is 53.1 Å². The van der Waals surface area contributed by atoms with Crippen LogP contribution in [0.3, 0.4) is 0 Å². The van der Waals surface area contributed by atoms with Gasteiger partial charge < -0.3 is 10.5 Å². The number of anilines is 1. The Bertz CT molecular complexity index is 762. The summed E-state index contributed by atoms with van der Waals surface area (Å²) in [6.07, 6.45) is 0. The summed E-state index contributed by atoms with van der Waals surface area (Å²) in [6, 6.07) is 14.1. The van der Waals surface area contributed by atoms with E-state index in [4.69, 9.17) is 10.5 Å². The number of nitrogens with zero attached hydrogens (tertiary/aromatic N) is 2. The average molecular weight is 267 g/mol. The number of imidazole rings is 1. The minimum absolute atomic E-state index is 0.604. The minimum Gasteiger partial charge on any atom is -0.399 e. The van der Waals surface area contributed by atoms with Gasteiger partial charge in [-0.25, -0.2) is 4.98 Å². The maximum atomic E-state index is 5.82. The van der Waals surface area contributed by atoms with Crippen LogP contribution >= 0.6 is 0 Å². The second kappa shape index (κ2) is 4.98. The molecule has 2 N–H and O–H groups in total. The van der Waals surface area contributed by atoms with Crippen LogP contribution in [-0.4, -0.2) is 16.7 Å². The number of fused-ring (bicyclic) bond motifs is 1. The normalized spacial score (nSPS) is 11.1. The largest absolute Gasteiger partial charge is 0.399 e. The molecule has 2 aromatic carbocycles. The number of hydrogen-bond acceptors (Lipinski definition) is 3. The molecule has 0 aliphatic carbocycles. The number of nitrogens with two attached hydrogens (primary N) is 1. The van der Waals surface area contributed by atoms with Crippen molar-refractivity contribution in [2.45, 2.75) is 13.5 Å². The molecule has 0 spiro atoms. The van der Waals surface area contributed by atoms with Gasteiger partial charge in [0.15, 0.2) is 0 Å². The minimum atomic E-state index is 0.604. The predicted molar refractivity (Wildman–Crippen MR) is 80.9 cm³/mol. The molecule has 1 heterocycles. The highest BCUT2D eigenvalue weighted by atomic mass is 16.5. The van der Waals surface area contributed by atoms with Crippen LogP contribution in [0.2, 0.25) is 0 Å². The molecule has 4 heteroatoms. The first-order valence-electron chi connectivity index (χ1n) is 6.52. The van der Waals surface area contributed by atoms with E-state index in [1.807, 2.05) is 31.2 Å². The highest BCUT2D eigenvalue weighted by Crippen LogP contribution is 2.23. The summed E-state index contributed by atoms with van der Waals surface area (Å²) in [7, 11) is 1.70. The van der Waals surface area contributed by atoms with E-state index in [-0.39, 0.29) is 0 Å². The van der Waals surface area contributed by atoms with Gasteiger partial charge in [0.1, 0.15) is 5.82 Å². The van der Waals surface area contributed by atoms with Crippen LogP contribution in [0.15, 0.2) is 42.5 Å². The lowest BCUT2D eigenvalue weighted by molar-refractivity contribution is 0.185. The standard InChI is InChI=1S/C16H17N3O/c1-11-18-15-9-13(17)6-7-16(15)19(11)14-5-3-4-12(8-14)10-20-2/h3-9H,10,17H2,1-2H3. The molecule has 4 nitrogen and oxygen atoms in total. The summed E-state index contributed by atoms with van der Waals surface area (Å²) >= 11 is 0. The molecule has 0 atom stereocenters. The Labute approximate surface area is 117 Å². The smallest absolute Gasteiger partial charge is 0.111 e. The van der Waals surface area contributed by atoms with Crippen LogP contribution in [0.5, 0.6) is 0 Å². The van der Waals surface area contributed by atoms with E-state index in [1.165, 1.54) is 0 Å². The van der Waals surface area contributed by atoms with Gasteiger partial charge in [-0.05, 0) is 42.8 Å². The van der Waals surface area contributed by atoms with Gasteiger partial charge in [0.25, 0.3) is 0 Å². The summed E-state index contributed by atoms with van der Waals surface area (Å²) in [4.78, 5) is 4.58. The van der Waals surface area contributed by atoms with Crippen LogP contribution in [-0.2, 0) is 11.3 Å². The Hall–Kier alpha value is -2.33. The molecular weight excluding hydrogens is 250 g/mol. The number of benzene rings is 2. The quantitative estimate of drug-likeness (QED) is 0.742. The molecule has 0 saturated heterocycles. The fourth-order valence-corrected chi connectivity index (χ4v) is 2.50. The summed E-state index contributed by atoms with van der Waals surface area (Å²) in [5.74, 6) is 0.945. The molecule has 0 amide bonds. The fourth-order valence-electron chi connectivity index (χ4n) is 2.50. The van der Waals surface area contributed by atoms with E-state index in [9.17, 15) is 0 Å². The Kier molecular flexibility index (Phi) is 3.16. The van der Waals surface area contributed by atoms with E-state index < -0.39 is 0 Å². The van der Waals surface area contributed by atoms with Gasteiger partial charge in [-0.3, -0.25) is 4.57 Å². The Morgan fingerprint density at radius 2 is 2.05 bits per heavy atom. The van der Waals surface area contributed by atoms with Crippen molar-refractivity contribution in [1.82, 2.24) is 9.55 Å². The van der Waals surface area contributed by atoms with Crippen molar-refractivity contribution >= 4 is 16.7 Å². The number of nitrogen functional groups attached to an aromatic ring is 1. The summed E-state index contributed by atoms with van der Waals surface area (Å²) in [6.45, 7) is 2.60. The Morgan fingerprint density at radius 1 is 1.20 bits per heavy atom. The van der Waals surface area contributed by atoms with Crippen molar-refractivity contribution in [1.29, 1.82) is 0 Å². The van der Waals surface area contributed by atoms with E-state index in [0.29, 0.717) is 6.61 Å². The molecule has 0 fully saturated rings. The van der Waals surface area contributed by atoms with Crippen LogP contribution < -0.4 is 5.73 Å². The molecular formula is C16H17N3O. The van der Waals surface area contributed by atoms with Gasteiger partial charge >= 0.3 is 0 Å². The summed E-state index contributed by atoms with van der Waals surface area (Å²) in [5, 5.41) is 0. The molecule has 1 aromatic heterocycles. The Balaban J connectivity index is 2.18. The zero-order valence-corrected chi connectivity index (χ0v) is 11.6. The maximum Gasteiger partial charge on any atom is 0.111 e. The van der Waals surface area contributed by atoms with Crippen molar-refractivity contribution in [3.63, 3.8) is 0 Å². The van der Waals surface area contributed by atoms with Gasteiger partial charge in [-0.15, -0.1) is 0 Å². The number of methoxy groups -OCH3 is 1. The van der Waals surface area contributed by atoms with Gasteiger partial charge in [0.2, 0.25) is 0 Å². The third-order valence-electron chi connectivity index (χ3n) is 3.33. The van der Waals surface area contributed by atoms with Crippen molar-refractivity contribution in [2.24, 2.45) is 0 Å². The molecule has 3 rings (SSSR count). The third kappa shape index (κ3) is 2.14. The number of rotatable bonds is 3. The van der Waals surface area contributed by atoms with E-state index in [0.717, 1.165) is 33.8 Å². The molecule has 0 radical (unpaired) electrons. The zero-order valence-electron chi connectivity index (χ0n) is 11.6. The SMILES string of the molecule is COCc1cccc(-n2c(C)nc3cc(N)ccc32)c1. The number of aryl methyl sites for hydroxylation is 1. The average Bonchev–Trinajstić information content (AvgIpc) is 2.74. The first-order chi connectivity index (χ1) is 9.69. The van der Waals surface area contributed by atoms with Gasteiger partial charge in [-0.2, -0.15) is 0 Å². The van der Waals surface area contributed by atoms with Crippen molar-refractivity contribution in [3.8, 4) is 5.69 Å². The monoisotopic (exact) mass is 267 g/mol. The molecule has 0 unspecified atom stereocenters. The lowest BCUT2D eigenvalue weighted by atomic mass is 10.2. The van der Waals surface area contributed by atoms with Crippen molar-refractivity contribution < 1.29 is 4.74 Å². The fraction of sp³-hybridized carbons (Fsp3) is 0.188. The lowest BCUT2D eigenvalue weighted by Crippen LogP contribution is -1.98. The highest BCUT2D eigenvalue weighted by Gasteiger charge is 2.09. The van der Waals surface area contributed by atoms with Crippen LogP contribution in [0.4, 0.5) is 5.69 Å². The molecule has 0 saturated carbocycles. The van der Waals surface area contributed by atoms with Crippen LogP contribution in [0, 0.1) is 6.92 Å². The highest BCUT2D eigenvalue weighted by molar-refractivity contribution is 5.81. The first-order valence-corrected chi connectivity index (χ1v) is 6.52. The predicted octanol–water partition coefficient (Wildman–Crippen LogP) is 3.06. The molecule has 102 valence electrons. The van der Waals surface area contributed by atoms with Crippen LogP contribution in [0.25, 0.3) is 16.7 Å². The van der Waals surface area contributed by atoms with Crippen molar-refractivity contribution in [3.05, 3.63) is 53.9 Å². The summed E-state index contributed by atoms with van der Waals surface area (Å²) < 4.78 is 7.33. The number of hydrogen-bond donors (Lipinski definition) is 1. The maximum absolute atomic E-state index is 5.82. The molecule has 3 aromatic rings. The van der Waals surface area contributed by atoms with E-state index >= 15 is 0 Å². The van der Waals surface area contributed by atoms with Crippen molar-refractivity contribution in [2.75, 3.05) is 12.8 Å². The molecule has 20 heavy (non-hydrogen) atoms. The second-order valence-electron chi connectivity index (χ2n) is 4.85. The molecule has 0 aliphatic heterocycles. The third-order valence-corrected chi connectivity index (χ3v) is 3.33. The second-order valence-corrected chi connectivity index (χ2v) is 4.85. The zero-order chi connectivity index (χ0) is 14.1. The van der Waals surface area contributed by atoms with E-state index in [2.05, 4.69) is 27.8 Å². The lowest BCUT2D eigenvalue weighted by Gasteiger charge is -2.09. The number of ether oxygens (including phenoxy) is 1. The number of aromatic nitrogens is 2. The van der Waals surface area contributed by atoms with Gasteiger partial charge in [0, 0.05) is 18.5 Å². The van der Waals surface area contributed by atoms with E-state index in [1.54, 1.807) is 7.11 Å².